The highest BCUT2D eigenvalue weighted by Gasteiger charge is 2.18. The van der Waals surface area contributed by atoms with E-state index >= 15 is 0 Å². The van der Waals surface area contributed by atoms with Gasteiger partial charge < -0.3 is 10.1 Å². The summed E-state index contributed by atoms with van der Waals surface area (Å²) in [7, 11) is 0. The molecule has 8 heteroatoms. The van der Waals surface area contributed by atoms with E-state index in [1.807, 2.05) is 42.5 Å². The van der Waals surface area contributed by atoms with Crippen LogP contribution >= 0.6 is 0 Å². The first-order valence-electron chi connectivity index (χ1n) is 11.9. The minimum Gasteiger partial charge on any atom is -0.379 e. The molecule has 7 nitrogen and oxygen atoms in total. The highest BCUT2D eigenvalue weighted by Crippen LogP contribution is 2.25. The number of benzene rings is 2. The molecule has 0 unspecified atom stereocenters. The topological polar surface area (TPSA) is 72.3 Å². The van der Waals surface area contributed by atoms with Crippen LogP contribution in [-0.4, -0.2) is 65.0 Å². The first kappa shape index (κ1) is 23.1. The van der Waals surface area contributed by atoms with Gasteiger partial charge in [0.15, 0.2) is 5.65 Å². The molecule has 1 saturated heterocycles. The first-order chi connectivity index (χ1) is 17.2. The Morgan fingerprint density at radius 1 is 1.06 bits per heavy atom. The minimum absolute atomic E-state index is 0.151. The van der Waals surface area contributed by atoms with Crippen molar-refractivity contribution in [2.24, 2.45) is 0 Å². The Labute approximate surface area is 203 Å². The third-order valence-electron chi connectivity index (χ3n) is 6.19. The maximum Gasteiger partial charge on any atom is 0.252 e. The van der Waals surface area contributed by atoms with Crippen LogP contribution in [0.4, 0.5) is 4.39 Å². The van der Waals surface area contributed by atoms with E-state index in [1.54, 1.807) is 16.9 Å². The molecule has 0 spiro atoms. The maximum absolute atomic E-state index is 13.7. The molecule has 1 aliphatic heterocycles. The van der Waals surface area contributed by atoms with Gasteiger partial charge in [0.25, 0.3) is 5.91 Å². The predicted octanol–water partition coefficient (Wildman–Crippen LogP) is 3.74. The largest absolute Gasteiger partial charge is 0.379 e. The van der Waals surface area contributed by atoms with E-state index in [2.05, 4.69) is 15.3 Å². The Morgan fingerprint density at radius 2 is 1.89 bits per heavy atom. The molecule has 5 rings (SSSR count). The van der Waals surface area contributed by atoms with Crippen LogP contribution in [0.25, 0.3) is 22.3 Å². The van der Waals surface area contributed by atoms with E-state index in [4.69, 9.17) is 9.72 Å². The van der Waals surface area contributed by atoms with Gasteiger partial charge in [0, 0.05) is 25.2 Å². The van der Waals surface area contributed by atoms with Gasteiger partial charge in [-0.1, -0.05) is 42.5 Å². The summed E-state index contributed by atoms with van der Waals surface area (Å²) in [5, 5.41) is 8.23. The predicted molar refractivity (Wildman–Crippen MR) is 133 cm³/mol. The highest BCUT2D eigenvalue weighted by atomic mass is 19.1. The molecule has 0 aliphatic carbocycles. The third-order valence-corrected chi connectivity index (χ3v) is 6.19. The fourth-order valence-electron chi connectivity index (χ4n) is 4.34. The molecule has 1 aliphatic rings. The lowest BCUT2D eigenvalue weighted by Crippen LogP contribution is -2.38. The van der Waals surface area contributed by atoms with Gasteiger partial charge in [0.2, 0.25) is 0 Å². The molecule has 1 N–H and O–H groups in total. The number of nitrogens with one attached hydrogen (secondary N) is 1. The molecule has 0 bridgehead atoms. The second-order valence-electron chi connectivity index (χ2n) is 8.65. The lowest BCUT2D eigenvalue weighted by molar-refractivity contribution is 0.0374. The summed E-state index contributed by atoms with van der Waals surface area (Å²) in [5.41, 5.74) is 3.50. The van der Waals surface area contributed by atoms with Crippen molar-refractivity contribution in [2.75, 3.05) is 39.4 Å². The highest BCUT2D eigenvalue weighted by molar-refractivity contribution is 6.06. The van der Waals surface area contributed by atoms with Crippen molar-refractivity contribution in [1.29, 1.82) is 0 Å². The van der Waals surface area contributed by atoms with Crippen LogP contribution in [0.15, 0.2) is 66.9 Å². The van der Waals surface area contributed by atoms with E-state index in [0.29, 0.717) is 35.4 Å². The van der Waals surface area contributed by atoms with Crippen molar-refractivity contribution in [3.63, 3.8) is 0 Å². The van der Waals surface area contributed by atoms with E-state index in [1.165, 1.54) is 12.1 Å². The van der Waals surface area contributed by atoms with Gasteiger partial charge in [-0.2, -0.15) is 5.10 Å². The van der Waals surface area contributed by atoms with Gasteiger partial charge in [-0.05, 0) is 36.7 Å². The van der Waals surface area contributed by atoms with Crippen LogP contribution in [0.5, 0.6) is 0 Å². The molecule has 1 fully saturated rings. The second-order valence-corrected chi connectivity index (χ2v) is 8.65. The smallest absolute Gasteiger partial charge is 0.252 e. The normalized spacial score (nSPS) is 14.3. The monoisotopic (exact) mass is 473 g/mol. The number of ether oxygens (including phenoxy) is 1. The molecule has 35 heavy (non-hydrogen) atoms. The zero-order chi connectivity index (χ0) is 24.0. The van der Waals surface area contributed by atoms with Crippen molar-refractivity contribution >= 4 is 16.9 Å². The number of nitrogens with zero attached hydrogens (tertiary/aromatic N) is 4. The number of rotatable bonds is 8. The van der Waals surface area contributed by atoms with Crippen LogP contribution in [-0.2, 0) is 11.3 Å². The molecular formula is C27H28FN5O2. The molecular weight excluding hydrogens is 445 g/mol. The quantitative estimate of drug-likeness (QED) is 0.395. The van der Waals surface area contributed by atoms with Gasteiger partial charge in [0.05, 0.1) is 42.6 Å². The summed E-state index contributed by atoms with van der Waals surface area (Å²) >= 11 is 0. The van der Waals surface area contributed by atoms with Gasteiger partial charge in [-0.3, -0.25) is 9.69 Å². The maximum atomic E-state index is 13.7. The molecule has 2 aromatic heterocycles. The molecule has 0 saturated carbocycles. The number of carbonyl (C=O) groups excluding carboxylic acids is 1. The Morgan fingerprint density at radius 3 is 2.69 bits per heavy atom. The van der Waals surface area contributed by atoms with Crippen molar-refractivity contribution in [1.82, 2.24) is 25.0 Å². The lowest BCUT2D eigenvalue weighted by atomic mass is 10.1. The van der Waals surface area contributed by atoms with Crippen molar-refractivity contribution in [3.05, 3.63) is 83.8 Å². The molecule has 4 aromatic rings. The molecule has 180 valence electrons. The van der Waals surface area contributed by atoms with E-state index in [-0.39, 0.29) is 11.7 Å². The molecule has 0 radical (unpaired) electrons. The summed E-state index contributed by atoms with van der Waals surface area (Å²) in [5.74, 6) is -0.448. The Balaban J connectivity index is 1.40. The van der Waals surface area contributed by atoms with Crippen molar-refractivity contribution < 1.29 is 13.9 Å². The number of pyridine rings is 1. The number of morpholine rings is 1. The number of hydrogen-bond donors (Lipinski definition) is 1. The summed E-state index contributed by atoms with van der Waals surface area (Å²) < 4.78 is 20.8. The summed E-state index contributed by atoms with van der Waals surface area (Å²) in [4.78, 5) is 20.4. The Hall–Kier alpha value is -3.62. The fourth-order valence-corrected chi connectivity index (χ4v) is 4.34. The van der Waals surface area contributed by atoms with Gasteiger partial charge in [-0.25, -0.2) is 14.1 Å². The lowest BCUT2D eigenvalue weighted by Gasteiger charge is -2.26. The number of aromatic nitrogens is 3. The fraction of sp³-hybridized carbons (Fsp3) is 0.296. The average molecular weight is 474 g/mol. The number of carbonyl (C=O) groups is 1. The molecule has 0 atom stereocenters. The van der Waals surface area contributed by atoms with Crippen molar-refractivity contribution in [2.45, 2.75) is 13.0 Å². The number of amides is 1. The number of fused-ring (bicyclic) bond motifs is 1. The van der Waals surface area contributed by atoms with E-state index < -0.39 is 0 Å². The Bertz CT molecular complexity index is 1300. The molecule has 1 amide bonds. The number of halogens is 1. The van der Waals surface area contributed by atoms with Crippen LogP contribution in [0.3, 0.4) is 0 Å². The van der Waals surface area contributed by atoms with Crippen LogP contribution in [0, 0.1) is 5.82 Å². The van der Waals surface area contributed by atoms with Crippen LogP contribution in [0.1, 0.15) is 22.3 Å². The van der Waals surface area contributed by atoms with Crippen LogP contribution < -0.4 is 5.32 Å². The van der Waals surface area contributed by atoms with Crippen LogP contribution in [0.2, 0.25) is 0 Å². The van der Waals surface area contributed by atoms with Gasteiger partial charge in [-0.15, -0.1) is 0 Å². The SMILES string of the molecule is O=C(NCCCN1CCOCC1)c1cc(-c2ccccc2)nc2c1cnn2Cc1cccc(F)c1. The van der Waals surface area contributed by atoms with Crippen molar-refractivity contribution in [3.8, 4) is 11.3 Å². The molecule has 2 aromatic carbocycles. The van der Waals surface area contributed by atoms with E-state index in [9.17, 15) is 9.18 Å². The third kappa shape index (κ3) is 5.55. The Kier molecular flexibility index (Phi) is 7.11. The zero-order valence-corrected chi connectivity index (χ0v) is 19.5. The van der Waals surface area contributed by atoms with E-state index in [0.717, 1.165) is 50.4 Å². The second kappa shape index (κ2) is 10.8. The summed E-state index contributed by atoms with van der Waals surface area (Å²) in [6.45, 7) is 5.27. The number of hydrogen-bond acceptors (Lipinski definition) is 5. The average Bonchev–Trinajstić information content (AvgIpc) is 3.29. The standard InChI is InChI=1S/C27H28FN5O2/c28-22-9-4-6-20(16-22)19-33-26-24(18-30-33)23(17-25(31-26)21-7-2-1-3-8-21)27(34)29-10-5-11-32-12-14-35-15-13-32/h1-4,6-9,16-18H,5,10-15,19H2,(H,29,34). The molecule has 3 heterocycles. The summed E-state index contributed by atoms with van der Waals surface area (Å²) in [6.07, 6.45) is 2.53. The van der Waals surface area contributed by atoms with Gasteiger partial charge in [0.1, 0.15) is 5.82 Å². The summed E-state index contributed by atoms with van der Waals surface area (Å²) in [6, 6.07) is 18.0. The first-order valence-corrected chi connectivity index (χ1v) is 11.9. The zero-order valence-electron chi connectivity index (χ0n) is 19.5. The minimum atomic E-state index is -0.297. The van der Waals surface area contributed by atoms with Gasteiger partial charge >= 0.3 is 0 Å².